The van der Waals surface area contributed by atoms with Crippen LogP contribution in [0.2, 0.25) is 10.0 Å². The Morgan fingerprint density at radius 1 is 1.16 bits per heavy atom. The normalized spacial score (nSPS) is 10.3. The summed E-state index contributed by atoms with van der Waals surface area (Å²) < 4.78 is 5.63. The van der Waals surface area contributed by atoms with Gasteiger partial charge in [0, 0.05) is 28.5 Å². The third kappa shape index (κ3) is 4.30. The third-order valence-electron chi connectivity index (χ3n) is 2.42. The van der Waals surface area contributed by atoms with E-state index < -0.39 is 0 Å². The number of rotatable bonds is 5. The van der Waals surface area contributed by atoms with Crippen molar-refractivity contribution < 1.29 is 4.74 Å². The van der Waals surface area contributed by atoms with E-state index in [2.05, 4.69) is 10.3 Å². The Labute approximate surface area is 122 Å². The SMILES string of the molecule is CCNc1ccnc(COc2cc(Cl)cc(Cl)c2)c1. The summed E-state index contributed by atoms with van der Waals surface area (Å²) in [5, 5.41) is 4.33. The van der Waals surface area contributed by atoms with Crippen molar-refractivity contribution in [3.05, 3.63) is 52.3 Å². The summed E-state index contributed by atoms with van der Waals surface area (Å²) in [6, 6.07) is 8.99. The van der Waals surface area contributed by atoms with Crippen molar-refractivity contribution in [2.24, 2.45) is 0 Å². The van der Waals surface area contributed by atoms with Crippen molar-refractivity contribution in [2.75, 3.05) is 11.9 Å². The van der Waals surface area contributed by atoms with Crippen LogP contribution >= 0.6 is 23.2 Å². The van der Waals surface area contributed by atoms with Gasteiger partial charge in [0.2, 0.25) is 0 Å². The van der Waals surface area contributed by atoms with Gasteiger partial charge in [-0.3, -0.25) is 4.98 Å². The molecule has 19 heavy (non-hydrogen) atoms. The lowest BCUT2D eigenvalue weighted by molar-refractivity contribution is 0.301. The number of halogens is 2. The smallest absolute Gasteiger partial charge is 0.130 e. The number of nitrogens with zero attached hydrogens (tertiary/aromatic N) is 1. The Kier molecular flexibility index (Phi) is 4.88. The second kappa shape index (κ2) is 6.64. The van der Waals surface area contributed by atoms with Crippen molar-refractivity contribution >= 4 is 28.9 Å². The summed E-state index contributed by atoms with van der Waals surface area (Å²) in [4.78, 5) is 4.25. The molecular weight excluding hydrogens is 283 g/mol. The van der Waals surface area contributed by atoms with Gasteiger partial charge in [0.25, 0.3) is 0 Å². The molecule has 3 nitrogen and oxygen atoms in total. The summed E-state index contributed by atoms with van der Waals surface area (Å²) in [6.45, 7) is 3.29. The quantitative estimate of drug-likeness (QED) is 0.888. The highest BCUT2D eigenvalue weighted by molar-refractivity contribution is 6.34. The maximum Gasteiger partial charge on any atom is 0.130 e. The van der Waals surface area contributed by atoms with E-state index in [1.807, 2.05) is 19.1 Å². The molecule has 2 rings (SSSR count). The zero-order valence-corrected chi connectivity index (χ0v) is 12.0. The van der Waals surface area contributed by atoms with Crippen LogP contribution < -0.4 is 10.1 Å². The Morgan fingerprint density at radius 2 is 1.89 bits per heavy atom. The van der Waals surface area contributed by atoms with E-state index in [-0.39, 0.29) is 0 Å². The molecule has 0 aliphatic heterocycles. The van der Waals surface area contributed by atoms with Crippen LogP contribution in [0.5, 0.6) is 5.75 Å². The van der Waals surface area contributed by atoms with E-state index in [9.17, 15) is 0 Å². The Morgan fingerprint density at radius 3 is 2.58 bits per heavy atom. The number of aromatic nitrogens is 1. The Balaban J connectivity index is 2.03. The first-order valence-electron chi connectivity index (χ1n) is 5.95. The van der Waals surface area contributed by atoms with Crippen LogP contribution in [0.25, 0.3) is 0 Å². The van der Waals surface area contributed by atoms with Gasteiger partial charge in [-0.1, -0.05) is 23.2 Å². The van der Waals surface area contributed by atoms with Crippen molar-refractivity contribution in [1.82, 2.24) is 4.98 Å². The maximum atomic E-state index is 5.91. The zero-order valence-electron chi connectivity index (χ0n) is 10.5. The predicted molar refractivity (Wildman–Crippen MR) is 79.2 cm³/mol. The molecule has 2 aromatic rings. The van der Waals surface area contributed by atoms with E-state index in [1.165, 1.54) is 0 Å². The fourth-order valence-electron chi connectivity index (χ4n) is 1.64. The van der Waals surface area contributed by atoms with Crippen LogP contribution in [0.3, 0.4) is 0 Å². The molecule has 0 aliphatic carbocycles. The first-order valence-corrected chi connectivity index (χ1v) is 6.70. The van der Waals surface area contributed by atoms with Gasteiger partial charge in [-0.25, -0.2) is 0 Å². The average molecular weight is 297 g/mol. The molecule has 0 unspecified atom stereocenters. The lowest BCUT2D eigenvalue weighted by Crippen LogP contribution is -2.01. The molecular formula is C14H14Cl2N2O. The van der Waals surface area contributed by atoms with E-state index in [4.69, 9.17) is 27.9 Å². The molecule has 0 fully saturated rings. The van der Waals surface area contributed by atoms with E-state index in [0.717, 1.165) is 17.9 Å². The van der Waals surface area contributed by atoms with Crippen LogP contribution in [-0.2, 0) is 6.61 Å². The minimum atomic E-state index is 0.371. The minimum Gasteiger partial charge on any atom is -0.487 e. The lowest BCUT2D eigenvalue weighted by Gasteiger charge is -2.08. The molecule has 1 aromatic heterocycles. The lowest BCUT2D eigenvalue weighted by atomic mass is 10.3. The summed E-state index contributed by atoms with van der Waals surface area (Å²) >= 11 is 11.8. The monoisotopic (exact) mass is 296 g/mol. The largest absolute Gasteiger partial charge is 0.487 e. The molecule has 100 valence electrons. The van der Waals surface area contributed by atoms with Gasteiger partial charge in [-0.15, -0.1) is 0 Å². The minimum absolute atomic E-state index is 0.371. The second-order valence-corrected chi connectivity index (χ2v) is 4.83. The second-order valence-electron chi connectivity index (χ2n) is 3.96. The fourth-order valence-corrected chi connectivity index (χ4v) is 2.15. The summed E-state index contributed by atoms with van der Waals surface area (Å²) in [6.07, 6.45) is 1.75. The molecule has 1 aromatic carbocycles. The highest BCUT2D eigenvalue weighted by Gasteiger charge is 2.02. The number of hydrogen-bond donors (Lipinski definition) is 1. The third-order valence-corrected chi connectivity index (χ3v) is 2.86. The molecule has 0 bridgehead atoms. The van der Waals surface area contributed by atoms with Gasteiger partial charge in [0.1, 0.15) is 12.4 Å². The molecule has 5 heteroatoms. The number of ether oxygens (including phenoxy) is 1. The molecule has 1 N–H and O–H groups in total. The van der Waals surface area contributed by atoms with Gasteiger partial charge in [0.05, 0.1) is 5.69 Å². The van der Waals surface area contributed by atoms with E-state index >= 15 is 0 Å². The van der Waals surface area contributed by atoms with Crippen molar-refractivity contribution in [3.63, 3.8) is 0 Å². The van der Waals surface area contributed by atoms with Crippen molar-refractivity contribution in [2.45, 2.75) is 13.5 Å². The molecule has 1 heterocycles. The van der Waals surface area contributed by atoms with Gasteiger partial charge in [-0.2, -0.15) is 0 Å². The van der Waals surface area contributed by atoms with Crippen LogP contribution in [0.15, 0.2) is 36.5 Å². The van der Waals surface area contributed by atoms with Crippen LogP contribution in [0, 0.1) is 0 Å². The van der Waals surface area contributed by atoms with Crippen molar-refractivity contribution in [3.8, 4) is 5.75 Å². The molecule has 0 radical (unpaired) electrons. The topological polar surface area (TPSA) is 34.2 Å². The van der Waals surface area contributed by atoms with Gasteiger partial charge in [-0.05, 0) is 37.3 Å². The van der Waals surface area contributed by atoms with Crippen LogP contribution in [-0.4, -0.2) is 11.5 Å². The maximum absolute atomic E-state index is 5.91. The zero-order chi connectivity index (χ0) is 13.7. The van der Waals surface area contributed by atoms with Crippen molar-refractivity contribution in [1.29, 1.82) is 0 Å². The number of nitrogens with one attached hydrogen (secondary N) is 1. The standard InChI is InChI=1S/C14H14Cl2N2O/c1-2-17-12-3-4-18-13(8-12)9-19-14-6-10(15)5-11(16)7-14/h3-8H,2,9H2,1H3,(H,17,18). The first-order chi connectivity index (χ1) is 9.17. The first kappa shape index (κ1) is 14.0. The highest BCUT2D eigenvalue weighted by atomic mass is 35.5. The average Bonchev–Trinajstić information content (AvgIpc) is 2.36. The molecule has 0 atom stereocenters. The fraction of sp³-hybridized carbons (Fsp3) is 0.214. The molecule has 0 spiro atoms. The van der Waals surface area contributed by atoms with Gasteiger partial charge in [0.15, 0.2) is 0 Å². The highest BCUT2D eigenvalue weighted by Crippen LogP contribution is 2.24. The molecule has 0 saturated carbocycles. The summed E-state index contributed by atoms with van der Waals surface area (Å²) in [7, 11) is 0. The number of pyridine rings is 1. The summed E-state index contributed by atoms with van der Waals surface area (Å²) in [5.41, 5.74) is 1.87. The Hall–Kier alpha value is -1.45. The van der Waals surface area contributed by atoms with Crippen LogP contribution in [0.4, 0.5) is 5.69 Å². The van der Waals surface area contributed by atoms with E-state index in [0.29, 0.717) is 22.4 Å². The molecule has 0 saturated heterocycles. The molecule has 0 amide bonds. The number of anilines is 1. The molecule has 0 aliphatic rings. The van der Waals surface area contributed by atoms with Gasteiger partial charge < -0.3 is 10.1 Å². The summed E-state index contributed by atoms with van der Waals surface area (Å²) in [5.74, 6) is 0.633. The van der Waals surface area contributed by atoms with Crippen LogP contribution in [0.1, 0.15) is 12.6 Å². The number of hydrogen-bond acceptors (Lipinski definition) is 3. The predicted octanol–water partition coefficient (Wildman–Crippen LogP) is 4.40. The van der Waals surface area contributed by atoms with E-state index in [1.54, 1.807) is 24.4 Å². The Bertz CT molecular complexity index is 541. The number of benzene rings is 1. The van der Waals surface area contributed by atoms with Gasteiger partial charge >= 0.3 is 0 Å².